The largest absolute Gasteiger partial charge is 0.332 e. The summed E-state index contributed by atoms with van der Waals surface area (Å²) in [5, 5.41) is 8.43. The number of thiocarbonyl (C=S) groups is 1. The van der Waals surface area contributed by atoms with Crippen molar-refractivity contribution in [1.82, 2.24) is 4.98 Å². The van der Waals surface area contributed by atoms with Gasteiger partial charge >= 0.3 is 0 Å². The Bertz CT molecular complexity index is 598. The molecule has 0 spiro atoms. The Kier molecular flexibility index (Phi) is 4.19. The van der Waals surface area contributed by atoms with Crippen molar-refractivity contribution < 1.29 is 0 Å². The van der Waals surface area contributed by atoms with Crippen molar-refractivity contribution in [3.63, 3.8) is 0 Å². The van der Waals surface area contributed by atoms with Crippen LogP contribution in [0.2, 0.25) is 5.02 Å². The van der Waals surface area contributed by atoms with E-state index in [-0.39, 0.29) is 0 Å². The molecule has 1 heterocycles. The Morgan fingerprint density at radius 2 is 1.90 bits per heavy atom. The zero-order valence-electron chi connectivity index (χ0n) is 10.8. The predicted molar refractivity (Wildman–Crippen MR) is 90.1 cm³/mol. The van der Waals surface area contributed by atoms with Crippen molar-refractivity contribution in [1.29, 1.82) is 0 Å². The highest BCUT2D eigenvalue weighted by Crippen LogP contribution is 2.29. The molecule has 104 valence electrons. The second-order valence-corrected chi connectivity index (χ2v) is 6.61. The zero-order valence-corrected chi connectivity index (χ0v) is 13.2. The minimum atomic E-state index is 0.554. The summed E-state index contributed by atoms with van der Waals surface area (Å²) >= 11 is 12.9. The summed E-state index contributed by atoms with van der Waals surface area (Å²) in [6.07, 6.45) is 4.74. The van der Waals surface area contributed by atoms with E-state index >= 15 is 0 Å². The van der Waals surface area contributed by atoms with Crippen molar-refractivity contribution in [2.75, 3.05) is 10.6 Å². The monoisotopic (exact) mass is 323 g/mol. The number of aryl methyl sites for hydroxylation is 2. The first kappa shape index (κ1) is 13.8. The molecule has 2 aromatic rings. The number of rotatable bonds is 2. The molecule has 3 rings (SSSR count). The van der Waals surface area contributed by atoms with E-state index in [1.54, 1.807) is 11.3 Å². The molecule has 6 heteroatoms. The van der Waals surface area contributed by atoms with Crippen LogP contribution >= 0.6 is 35.2 Å². The highest BCUT2D eigenvalue weighted by Gasteiger charge is 2.15. The first-order valence-electron chi connectivity index (χ1n) is 6.53. The van der Waals surface area contributed by atoms with Gasteiger partial charge in [-0.1, -0.05) is 11.6 Å². The van der Waals surface area contributed by atoms with E-state index in [4.69, 9.17) is 23.8 Å². The molecule has 0 bridgehead atoms. The minimum absolute atomic E-state index is 0.554. The second-order valence-electron chi connectivity index (χ2n) is 4.68. The number of anilines is 2. The van der Waals surface area contributed by atoms with Gasteiger partial charge in [0.2, 0.25) is 0 Å². The van der Waals surface area contributed by atoms with Gasteiger partial charge in [-0.15, -0.1) is 11.3 Å². The maximum absolute atomic E-state index is 5.85. The smallest absolute Gasteiger partial charge is 0.189 e. The fourth-order valence-electron chi connectivity index (χ4n) is 2.20. The van der Waals surface area contributed by atoms with E-state index in [0.29, 0.717) is 10.1 Å². The van der Waals surface area contributed by atoms with Crippen LogP contribution in [-0.4, -0.2) is 10.1 Å². The Morgan fingerprint density at radius 3 is 2.65 bits per heavy atom. The van der Waals surface area contributed by atoms with Gasteiger partial charge in [0.05, 0.1) is 5.69 Å². The molecule has 1 aliphatic carbocycles. The Labute approximate surface area is 132 Å². The van der Waals surface area contributed by atoms with Gasteiger partial charge in [-0.25, -0.2) is 4.98 Å². The molecular weight excluding hydrogens is 310 g/mol. The summed E-state index contributed by atoms with van der Waals surface area (Å²) in [6.45, 7) is 0. The molecule has 0 aliphatic heterocycles. The van der Waals surface area contributed by atoms with E-state index in [1.165, 1.54) is 23.4 Å². The van der Waals surface area contributed by atoms with E-state index in [1.807, 2.05) is 24.3 Å². The Morgan fingerprint density at radius 1 is 1.15 bits per heavy atom. The third-order valence-corrected chi connectivity index (χ3v) is 4.70. The molecule has 1 aromatic carbocycles. The molecule has 3 nitrogen and oxygen atoms in total. The molecule has 1 aliphatic rings. The van der Waals surface area contributed by atoms with Crippen LogP contribution in [0.1, 0.15) is 23.4 Å². The molecule has 0 radical (unpaired) electrons. The van der Waals surface area contributed by atoms with Gasteiger partial charge in [0.15, 0.2) is 10.2 Å². The number of benzene rings is 1. The number of thiazole rings is 1. The number of aromatic nitrogens is 1. The van der Waals surface area contributed by atoms with E-state index < -0.39 is 0 Å². The second kappa shape index (κ2) is 6.08. The lowest BCUT2D eigenvalue weighted by Gasteiger charge is -2.08. The fourth-order valence-corrected chi connectivity index (χ4v) is 3.66. The summed E-state index contributed by atoms with van der Waals surface area (Å²) in [7, 11) is 0. The SMILES string of the molecule is S=C(Nc1ccc(Cl)cc1)Nc1nc2c(s1)CCCC2. The Hall–Kier alpha value is -1.17. The van der Waals surface area contributed by atoms with Crippen LogP contribution in [0.25, 0.3) is 0 Å². The normalized spacial score (nSPS) is 13.7. The van der Waals surface area contributed by atoms with E-state index in [2.05, 4.69) is 15.6 Å². The number of halogens is 1. The van der Waals surface area contributed by atoms with Gasteiger partial charge in [-0.05, 0) is 62.2 Å². The molecule has 0 unspecified atom stereocenters. The highest BCUT2D eigenvalue weighted by atomic mass is 35.5. The summed E-state index contributed by atoms with van der Waals surface area (Å²) < 4.78 is 0. The molecule has 1 aromatic heterocycles. The highest BCUT2D eigenvalue weighted by molar-refractivity contribution is 7.80. The molecule has 0 atom stereocenters. The molecule has 0 amide bonds. The summed E-state index contributed by atoms with van der Waals surface area (Å²) in [4.78, 5) is 6.00. The lowest BCUT2D eigenvalue weighted by atomic mass is 10.0. The maximum atomic E-state index is 5.85. The summed E-state index contributed by atoms with van der Waals surface area (Å²) in [5.74, 6) is 0. The van der Waals surface area contributed by atoms with Crippen molar-refractivity contribution in [3.05, 3.63) is 39.9 Å². The van der Waals surface area contributed by atoms with Gasteiger partial charge < -0.3 is 10.6 Å². The minimum Gasteiger partial charge on any atom is -0.332 e. The molecular formula is C14H14ClN3S2. The van der Waals surface area contributed by atoms with Crippen molar-refractivity contribution in [3.8, 4) is 0 Å². The van der Waals surface area contributed by atoms with Crippen molar-refractivity contribution >= 4 is 51.1 Å². The van der Waals surface area contributed by atoms with Crippen molar-refractivity contribution in [2.24, 2.45) is 0 Å². The number of nitrogens with zero attached hydrogens (tertiary/aromatic N) is 1. The van der Waals surface area contributed by atoms with Crippen LogP contribution in [0.5, 0.6) is 0 Å². The number of fused-ring (bicyclic) bond motifs is 1. The lowest BCUT2D eigenvalue weighted by Crippen LogP contribution is -2.18. The van der Waals surface area contributed by atoms with Crippen LogP contribution in [0, 0.1) is 0 Å². The Balaban J connectivity index is 1.63. The summed E-state index contributed by atoms with van der Waals surface area (Å²) in [5.41, 5.74) is 2.14. The van der Waals surface area contributed by atoms with E-state index in [0.717, 1.165) is 23.7 Å². The molecule has 20 heavy (non-hydrogen) atoms. The molecule has 0 fully saturated rings. The lowest BCUT2D eigenvalue weighted by molar-refractivity contribution is 0.683. The van der Waals surface area contributed by atoms with Crippen LogP contribution in [0.3, 0.4) is 0 Å². The van der Waals surface area contributed by atoms with Crippen LogP contribution < -0.4 is 10.6 Å². The van der Waals surface area contributed by atoms with Gasteiger partial charge in [0.25, 0.3) is 0 Å². The number of hydrogen-bond acceptors (Lipinski definition) is 3. The van der Waals surface area contributed by atoms with Gasteiger partial charge in [-0.3, -0.25) is 0 Å². The van der Waals surface area contributed by atoms with Crippen LogP contribution in [0.15, 0.2) is 24.3 Å². The molecule has 0 saturated heterocycles. The molecule has 0 saturated carbocycles. The fraction of sp³-hybridized carbons (Fsp3) is 0.286. The third-order valence-electron chi connectivity index (χ3n) is 3.17. The first-order chi connectivity index (χ1) is 9.70. The van der Waals surface area contributed by atoms with Crippen LogP contribution in [0.4, 0.5) is 10.8 Å². The summed E-state index contributed by atoms with van der Waals surface area (Å²) in [6, 6.07) is 7.44. The number of hydrogen-bond donors (Lipinski definition) is 2. The van der Waals surface area contributed by atoms with Gasteiger partial charge in [0.1, 0.15) is 0 Å². The third kappa shape index (κ3) is 3.29. The average molecular weight is 324 g/mol. The van der Waals surface area contributed by atoms with Crippen molar-refractivity contribution in [2.45, 2.75) is 25.7 Å². The first-order valence-corrected chi connectivity index (χ1v) is 8.13. The zero-order chi connectivity index (χ0) is 13.9. The van der Waals surface area contributed by atoms with Crippen LogP contribution in [-0.2, 0) is 12.8 Å². The standard InChI is InChI=1S/C14H14ClN3S2/c15-9-5-7-10(8-6-9)16-13(19)18-14-17-11-3-1-2-4-12(11)20-14/h5-8H,1-4H2,(H2,16,17,18,19). The predicted octanol–water partition coefficient (Wildman–Crippen LogP) is 4.48. The quantitative estimate of drug-likeness (QED) is 0.799. The maximum Gasteiger partial charge on any atom is 0.189 e. The van der Waals surface area contributed by atoms with E-state index in [9.17, 15) is 0 Å². The average Bonchev–Trinajstić information content (AvgIpc) is 2.83. The topological polar surface area (TPSA) is 37.0 Å². The molecule has 2 N–H and O–H groups in total. The van der Waals surface area contributed by atoms with Gasteiger partial charge in [0, 0.05) is 15.6 Å². The van der Waals surface area contributed by atoms with Gasteiger partial charge in [-0.2, -0.15) is 0 Å². The number of nitrogens with one attached hydrogen (secondary N) is 2.